The van der Waals surface area contributed by atoms with E-state index in [1.165, 1.54) is 0 Å². The Labute approximate surface area is 79.6 Å². The first-order valence-electron chi connectivity index (χ1n) is 3.52. The molecule has 12 heavy (non-hydrogen) atoms. The van der Waals surface area contributed by atoms with E-state index in [-0.39, 0.29) is 0 Å². The first-order chi connectivity index (χ1) is 5.65. The normalized spacial score (nSPS) is 12.2. The molecule has 0 amide bonds. The molecule has 62 valence electrons. The molecule has 1 aromatic carbocycles. The molecule has 0 aliphatic heterocycles. The summed E-state index contributed by atoms with van der Waals surface area (Å²) in [6, 6.07) is 7.15. The maximum atomic E-state index is 9.26. The molecular weight excluding hydrogens is 218 g/mol. The third-order valence-electron chi connectivity index (χ3n) is 1.58. The zero-order chi connectivity index (χ0) is 9.14. The molecule has 0 radical (unpaired) electrons. The summed E-state index contributed by atoms with van der Waals surface area (Å²) in [7, 11) is 0. The molecule has 0 spiro atoms. The van der Waals surface area contributed by atoms with Crippen LogP contribution in [0.3, 0.4) is 0 Å². The second-order valence-corrected chi connectivity index (χ2v) is 3.38. The average molecular weight is 226 g/mol. The zero-order valence-electron chi connectivity index (χ0n) is 6.58. The standard InChI is InChI=1S/C9H8BrNO/c1-6(12)8-3-2-7(5-11)4-9(8)10/h2-4,6,12H,1H3/t6-/m1/s1. The molecular formula is C9H8BrNO. The smallest absolute Gasteiger partial charge is 0.0992 e. The van der Waals surface area contributed by atoms with E-state index in [1.807, 2.05) is 6.07 Å². The van der Waals surface area contributed by atoms with Gasteiger partial charge in [0.05, 0.1) is 17.7 Å². The lowest BCUT2D eigenvalue weighted by Crippen LogP contribution is -1.92. The number of hydrogen-bond donors (Lipinski definition) is 1. The fraction of sp³-hybridized carbons (Fsp3) is 0.222. The van der Waals surface area contributed by atoms with Crippen molar-refractivity contribution in [3.05, 3.63) is 33.8 Å². The van der Waals surface area contributed by atoms with Gasteiger partial charge < -0.3 is 5.11 Å². The molecule has 0 saturated heterocycles. The second kappa shape index (κ2) is 3.70. The Morgan fingerprint density at radius 2 is 2.25 bits per heavy atom. The highest BCUT2D eigenvalue weighted by atomic mass is 79.9. The van der Waals surface area contributed by atoms with Crippen molar-refractivity contribution in [2.24, 2.45) is 0 Å². The van der Waals surface area contributed by atoms with Gasteiger partial charge in [-0.1, -0.05) is 22.0 Å². The van der Waals surface area contributed by atoms with Crippen molar-refractivity contribution >= 4 is 15.9 Å². The Morgan fingerprint density at radius 3 is 2.67 bits per heavy atom. The predicted octanol–water partition coefficient (Wildman–Crippen LogP) is 2.37. The van der Waals surface area contributed by atoms with Crippen LogP contribution in [0.15, 0.2) is 22.7 Å². The van der Waals surface area contributed by atoms with Crippen LogP contribution in [0.1, 0.15) is 24.2 Å². The highest BCUT2D eigenvalue weighted by Gasteiger charge is 2.05. The first-order valence-corrected chi connectivity index (χ1v) is 4.32. The summed E-state index contributed by atoms with van der Waals surface area (Å²) in [6.07, 6.45) is -0.507. The molecule has 1 atom stereocenters. The van der Waals surface area contributed by atoms with Gasteiger partial charge in [0.2, 0.25) is 0 Å². The van der Waals surface area contributed by atoms with Crippen molar-refractivity contribution in [1.82, 2.24) is 0 Å². The maximum Gasteiger partial charge on any atom is 0.0992 e. The monoisotopic (exact) mass is 225 g/mol. The SMILES string of the molecule is C[C@@H](O)c1ccc(C#N)cc1Br. The number of benzene rings is 1. The lowest BCUT2D eigenvalue weighted by molar-refractivity contribution is 0.198. The Balaban J connectivity index is 3.14. The van der Waals surface area contributed by atoms with Gasteiger partial charge in [0.1, 0.15) is 0 Å². The summed E-state index contributed by atoms with van der Waals surface area (Å²) >= 11 is 3.28. The third-order valence-corrected chi connectivity index (χ3v) is 2.27. The molecule has 1 rings (SSSR count). The maximum absolute atomic E-state index is 9.26. The van der Waals surface area contributed by atoms with Gasteiger partial charge in [0.25, 0.3) is 0 Å². The molecule has 0 saturated carbocycles. The fourth-order valence-corrected chi connectivity index (χ4v) is 1.65. The Bertz CT molecular complexity index is 328. The van der Waals surface area contributed by atoms with Crippen LogP contribution < -0.4 is 0 Å². The minimum Gasteiger partial charge on any atom is -0.389 e. The van der Waals surface area contributed by atoms with E-state index >= 15 is 0 Å². The van der Waals surface area contributed by atoms with Crippen LogP contribution in [-0.2, 0) is 0 Å². The van der Waals surface area contributed by atoms with Crippen LogP contribution in [0.2, 0.25) is 0 Å². The minimum absolute atomic E-state index is 0.507. The molecule has 2 nitrogen and oxygen atoms in total. The molecule has 0 aromatic heterocycles. The van der Waals surface area contributed by atoms with Crippen LogP contribution in [-0.4, -0.2) is 5.11 Å². The Hall–Kier alpha value is -0.850. The Kier molecular flexibility index (Phi) is 2.85. The zero-order valence-corrected chi connectivity index (χ0v) is 8.17. The van der Waals surface area contributed by atoms with Crippen LogP contribution in [0, 0.1) is 11.3 Å². The number of hydrogen-bond acceptors (Lipinski definition) is 2. The third kappa shape index (κ3) is 1.84. The van der Waals surface area contributed by atoms with Gasteiger partial charge in [-0.3, -0.25) is 0 Å². The summed E-state index contributed by atoms with van der Waals surface area (Å²) in [5, 5.41) is 17.8. The highest BCUT2D eigenvalue weighted by Crippen LogP contribution is 2.23. The van der Waals surface area contributed by atoms with Gasteiger partial charge in [0.15, 0.2) is 0 Å². The van der Waals surface area contributed by atoms with E-state index in [2.05, 4.69) is 15.9 Å². The van der Waals surface area contributed by atoms with Crippen molar-refractivity contribution < 1.29 is 5.11 Å². The fourth-order valence-electron chi connectivity index (χ4n) is 0.935. The predicted molar refractivity (Wildman–Crippen MR) is 49.5 cm³/mol. The minimum atomic E-state index is -0.507. The lowest BCUT2D eigenvalue weighted by atomic mass is 10.1. The molecule has 1 aromatic rings. The van der Waals surface area contributed by atoms with Crippen molar-refractivity contribution in [3.63, 3.8) is 0 Å². The van der Waals surface area contributed by atoms with Gasteiger partial charge in [-0.2, -0.15) is 5.26 Å². The van der Waals surface area contributed by atoms with Crippen LogP contribution >= 0.6 is 15.9 Å². The van der Waals surface area contributed by atoms with E-state index in [9.17, 15) is 5.11 Å². The number of rotatable bonds is 1. The summed E-state index contributed by atoms with van der Waals surface area (Å²) in [6.45, 7) is 1.69. The lowest BCUT2D eigenvalue weighted by Gasteiger charge is -2.06. The molecule has 1 N–H and O–H groups in total. The van der Waals surface area contributed by atoms with Gasteiger partial charge in [-0.15, -0.1) is 0 Å². The quantitative estimate of drug-likeness (QED) is 0.798. The van der Waals surface area contributed by atoms with Gasteiger partial charge in [0, 0.05) is 4.47 Å². The summed E-state index contributed by atoms with van der Waals surface area (Å²) < 4.78 is 0.775. The number of nitriles is 1. The van der Waals surface area contributed by atoms with Crippen LogP contribution in [0.5, 0.6) is 0 Å². The molecule has 0 aliphatic carbocycles. The number of nitrogens with zero attached hydrogens (tertiary/aromatic N) is 1. The molecule has 0 unspecified atom stereocenters. The first kappa shape index (κ1) is 9.24. The number of aliphatic hydroxyl groups is 1. The van der Waals surface area contributed by atoms with Gasteiger partial charge >= 0.3 is 0 Å². The number of halogens is 1. The van der Waals surface area contributed by atoms with E-state index in [0.717, 1.165) is 10.0 Å². The summed E-state index contributed by atoms with van der Waals surface area (Å²) in [5.74, 6) is 0. The van der Waals surface area contributed by atoms with Crippen molar-refractivity contribution in [2.45, 2.75) is 13.0 Å². The highest BCUT2D eigenvalue weighted by molar-refractivity contribution is 9.10. The van der Waals surface area contributed by atoms with Crippen LogP contribution in [0.4, 0.5) is 0 Å². The average Bonchev–Trinajstić information content (AvgIpc) is 2.03. The van der Waals surface area contributed by atoms with Crippen molar-refractivity contribution in [2.75, 3.05) is 0 Å². The molecule has 0 fully saturated rings. The van der Waals surface area contributed by atoms with Crippen molar-refractivity contribution in [1.29, 1.82) is 5.26 Å². The molecule has 0 heterocycles. The van der Waals surface area contributed by atoms with Gasteiger partial charge in [-0.05, 0) is 24.6 Å². The largest absolute Gasteiger partial charge is 0.389 e. The molecule has 0 aliphatic rings. The summed E-state index contributed by atoms with van der Waals surface area (Å²) in [5.41, 5.74) is 1.39. The van der Waals surface area contributed by atoms with Crippen LogP contribution in [0.25, 0.3) is 0 Å². The second-order valence-electron chi connectivity index (χ2n) is 2.52. The van der Waals surface area contributed by atoms with E-state index in [1.54, 1.807) is 25.1 Å². The van der Waals surface area contributed by atoms with E-state index in [4.69, 9.17) is 5.26 Å². The summed E-state index contributed by atoms with van der Waals surface area (Å²) in [4.78, 5) is 0. The topological polar surface area (TPSA) is 44.0 Å². The Morgan fingerprint density at radius 1 is 1.58 bits per heavy atom. The molecule has 0 bridgehead atoms. The number of aliphatic hydroxyl groups excluding tert-OH is 1. The van der Waals surface area contributed by atoms with E-state index < -0.39 is 6.10 Å². The van der Waals surface area contributed by atoms with Gasteiger partial charge in [-0.25, -0.2) is 0 Å². The molecule has 3 heteroatoms. The van der Waals surface area contributed by atoms with E-state index in [0.29, 0.717) is 5.56 Å². The van der Waals surface area contributed by atoms with Crippen molar-refractivity contribution in [3.8, 4) is 6.07 Å².